The van der Waals surface area contributed by atoms with E-state index in [0.29, 0.717) is 28.3 Å². The lowest BCUT2D eigenvalue weighted by Crippen LogP contribution is -2.30. The molecule has 1 amide bonds. The second-order valence-electron chi connectivity index (χ2n) is 5.92. The van der Waals surface area contributed by atoms with Crippen LogP contribution in [-0.4, -0.2) is 35.9 Å². The molecule has 1 aromatic heterocycles. The molecule has 0 unspecified atom stereocenters. The van der Waals surface area contributed by atoms with Crippen LogP contribution in [-0.2, 0) is 9.53 Å². The summed E-state index contributed by atoms with van der Waals surface area (Å²) >= 11 is 0. The maximum atomic E-state index is 12.4. The second-order valence-corrected chi connectivity index (χ2v) is 5.92. The van der Waals surface area contributed by atoms with Crippen LogP contribution in [0.3, 0.4) is 0 Å². The molecular formula is C19H22N2O5. The highest BCUT2D eigenvalue weighted by molar-refractivity contribution is 6.02. The maximum absolute atomic E-state index is 12.4. The minimum Gasteiger partial charge on any atom is -0.495 e. The predicted octanol–water partition coefficient (Wildman–Crippen LogP) is 3.03. The number of hydrogen-bond donors (Lipinski definition) is 2. The number of rotatable bonds is 6. The van der Waals surface area contributed by atoms with Gasteiger partial charge in [-0.25, -0.2) is 4.79 Å². The topological polar surface area (TPSA) is 97.5 Å². The maximum Gasteiger partial charge on any atom is 0.355 e. The van der Waals surface area contributed by atoms with E-state index in [2.05, 4.69) is 10.3 Å². The Bertz CT molecular complexity index is 854. The first-order valence-corrected chi connectivity index (χ1v) is 8.11. The van der Waals surface area contributed by atoms with Gasteiger partial charge >= 0.3 is 5.97 Å². The van der Waals surface area contributed by atoms with Crippen LogP contribution in [0.15, 0.2) is 24.3 Å². The van der Waals surface area contributed by atoms with Gasteiger partial charge in [0.15, 0.2) is 11.9 Å². The summed E-state index contributed by atoms with van der Waals surface area (Å²) in [5.74, 6) is -0.824. The van der Waals surface area contributed by atoms with Crippen LogP contribution in [0.2, 0.25) is 0 Å². The van der Waals surface area contributed by atoms with Crippen LogP contribution in [0.1, 0.15) is 46.0 Å². The zero-order valence-electron chi connectivity index (χ0n) is 15.4. The van der Waals surface area contributed by atoms with E-state index in [1.165, 1.54) is 21.0 Å². The second kappa shape index (κ2) is 7.86. The van der Waals surface area contributed by atoms with Crippen LogP contribution in [0.5, 0.6) is 5.75 Å². The molecule has 0 radical (unpaired) electrons. The highest BCUT2D eigenvalue weighted by atomic mass is 16.5. The van der Waals surface area contributed by atoms with Crippen molar-refractivity contribution < 1.29 is 23.9 Å². The van der Waals surface area contributed by atoms with Crippen molar-refractivity contribution in [2.24, 2.45) is 0 Å². The molecule has 0 aliphatic carbocycles. The third-order valence-electron chi connectivity index (χ3n) is 4.01. The lowest BCUT2D eigenvalue weighted by molar-refractivity contribution is -0.123. The van der Waals surface area contributed by atoms with Gasteiger partial charge in [0.25, 0.3) is 5.91 Å². The van der Waals surface area contributed by atoms with E-state index >= 15 is 0 Å². The van der Waals surface area contributed by atoms with Gasteiger partial charge in [-0.05, 0) is 45.4 Å². The van der Waals surface area contributed by atoms with Crippen molar-refractivity contribution in [3.05, 3.63) is 46.8 Å². The molecule has 138 valence electrons. The number of aryl methyl sites for hydroxylation is 1. The summed E-state index contributed by atoms with van der Waals surface area (Å²) in [6.45, 7) is 6.27. The number of H-pyrrole nitrogens is 1. The predicted molar refractivity (Wildman–Crippen MR) is 96.8 cm³/mol. The van der Waals surface area contributed by atoms with Crippen molar-refractivity contribution >= 4 is 23.3 Å². The number of Topliss-reactive ketones (excluding diaryl/α,β-unsaturated/α-hetero) is 1. The summed E-state index contributed by atoms with van der Waals surface area (Å²) in [5, 5.41) is 2.66. The monoisotopic (exact) mass is 358 g/mol. The molecule has 0 saturated heterocycles. The molecule has 0 aliphatic rings. The summed E-state index contributed by atoms with van der Waals surface area (Å²) in [4.78, 5) is 39.2. The number of ketones is 1. The standard InChI is InChI=1S/C19H22N2O5/c1-10-16(12(3)22)11(2)20-17(10)19(24)26-13(4)18(23)21-14-8-6-7-9-15(14)25-5/h6-9,13,20H,1-5H3,(H,21,23)/t13-/m0/s1. The van der Waals surface area contributed by atoms with Gasteiger partial charge < -0.3 is 19.8 Å². The Labute approximate surface area is 151 Å². The van der Waals surface area contributed by atoms with Crippen molar-refractivity contribution in [2.75, 3.05) is 12.4 Å². The van der Waals surface area contributed by atoms with Crippen LogP contribution >= 0.6 is 0 Å². The van der Waals surface area contributed by atoms with Gasteiger partial charge in [-0.3, -0.25) is 9.59 Å². The number of aromatic nitrogens is 1. The molecule has 1 heterocycles. The number of esters is 1. The van der Waals surface area contributed by atoms with E-state index in [9.17, 15) is 14.4 Å². The number of anilines is 1. The van der Waals surface area contributed by atoms with Crippen LogP contribution in [0.4, 0.5) is 5.69 Å². The fraction of sp³-hybridized carbons (Fsp3) is 0.316. The van der Waals surface area contributed by atoms with Gasteiger partial charge in [-0.15, -0.1) is 0 Å². The van der Waals surface area contributed by atoms with E-state index in [1.807, 2.05) is 0 Å². The number of ether oxygens (including phenoxy) is 2. The number of amides is 1. The first-order valence-electron chi connectivity index (χ1n) is 8.11. The normalized spacial score (nSPS) is 11.6. The molecule has 7 nitrogen and oxygen atoms in total. The Balaban J connectivity index is 2.11. The van der Waals surface area contributed by atoms with Gasteiger partial charge in [0.1, 0.15) is 11.4 Å². The van der Waals surface area contributed by atoms with E-state index in [0.717, 1.165) is 0 Å². The summed E-state index contributed by atoms with van der Waals surface area (Å²) in [7, 11) is 1.50. The van der Waals surface area contributed by atoms with E-state index < -0.39 is 18.0 Å². The number of nitrogens with one attached hydrogen (secondary N) is 2. The lowest BCUT2D eigenvalue weighted by atomic mass is 10.1. The van der Waals surface area contributed by atoms with Crippen molar-refractivity contribution in [1.82, 2.24) is 4.98 Å². The molecule has 7 heteroatoms. The SMILES string of the molecule is COc1ccccc1NC(=O)[C@H](C)OC(=O)c1[nH]c(C)c(C(C)=O)c1C. The van der Waals surface area contributed by atoms with Crippen LogP contribution in [0, 0.1) is 13.8 Å². The van der Waals surface area contributed by atoms with Gasteiger partial charge in [-0.2, -0.15) is 0 Å². The average molecular weight is 358 g/mol. The molecule has 0 fully saturated rings. The number of aromatic amines is 1. The lowest BCUT2D eigenvalue weighted by Gasteiger charge is -2.15. The highest BCUT2D eigenvalue weighted by Gasteiger charge is 2.25. The first-order chi connectivity index (χ1) is 12.3. The summed E-state index contributed by atoms with van der Waals surface area (Å²) in [6, 6.07) is 6.92. The smallest absolute Gasteiger partial charge is 0.355 e. The summed E-state index contributed by atoms with van der Waals surface area (Å²) in [6.07, 6.45) is -1.03. The number of para-hydroxylation sites is 2. The van der Waals surface area contributed by atoms with E-state index in [1.54, 1.807) is 38.1 Å². The molecule has 2 N–H and O–H groups in total. The number of methoxy groups -OCH3 is 1. The van der Waals surface area contributed by atoms with Gasteiger partial charge in [-0.1, -0.05) is 12.1 Å². The summed E-state index contributed by atoms with van der Waals surface area (Å²) < 4.78 is 10.4. The molecule has 2 rings (SSSR count). The van der Waals surface area contributed by atoms with E-state index in [-0.39, 0.29) is 11.5 Å². The fourth-order valence-electron chi connectivity index (χ4n) is 2.74. The van der Waals surface area contributed by atoms with Gasteiger partial charge in [0.05, 0.1) is 12.8 Å². The Morgan fingerprint density at radius 3 is 2.38 bits per heavy atom. The summed E-state index contributed by atoms with van der Waals surface area (Å²) in [5.41, 5.74) is 2.21. The van der Waals surface area contributed by atoms with Gasteiger partial charge in [0, 0.05) is 11.3 Å². The molecule has 0 bridgehead atoms. The van der Waals surface area contributed by atoms with Gasteiger partial charge in [0.2, 0.25) is 0 Å². The zero-order chi connectivity index (χ0) is 19.4. The highest BCUT2D eigenvalue weighted by Crippen LogP contribution is 2.24. The van der Waals surface area contributed by atoms with E-state index in [4.69, 9.17) is 9.47 Å². The molecular weight excluding hydrogens is 336 g/mol. The average Bonchev–Trinajstić information content (AvgIpc) is 2.89. The Hall–Kier alpha value is -3.09. The first kappa shape index (κ1) is 19.2. The van der Waals surface area contributed by atoms with Crippen LogP contribution < -0.4 is 10.1 Å². The molecule has 0 saturated carbocycles. The molecule has 0 spiro atoms. The molecule has 0 aliphatic heterocycles. The fourth-order valence-corrected chi connectivity index (χ4v) is 2.74. The number of carbonyl (C=O) groups is 3. The van der Waals surface area contributed by atoms with Crippen molar-refractivity contribution in [3.63, 3.8) is 0 Å². The zero-order valence-corrected chi connectivity index (χ0v) is 15.4. The Morgan fingerprint density at radius 2 is 1.81 bits per heavy atom. The number of hydrogen-bond acceptors (Lipinski definition) is 5. The third kappa shape index (κ3) is 3.93. The van der Waals surface area contributed by atoms with Crippen molar-refractivity contribution in [2.45, 2.75) is 33.8 Å². The number of carbonyl (C=O) groups excluding carboxylic acids is 3. The molecule has 1 atom stereocenters. The minimum absolute atomic E-state index is 0.141. The number of benzene rings is 1. The largest absolute Gasteiger partial charge is 0.495 e. The Morgan fingerprint density at radius 1 is 1.15 bits per heavy atom. The molecule has 2 aromatic rings. The van der Waals surface area contributed by atoms with Crippen molar-refractivity contribution in [1.29, 1.82) is 0 Å². The third-order valence-corrected chi connectivity index (χ3v) is 4.01. The quantitative estimate of drug-likeness (QED) is 0.611. The van der Waals surface area contributed by atoms with Crippen molar-refractivity contribution in [3.8, 4) is 5.75 Å². The molecule has 26 heavy (non-hydrogen) atoms. The molecule has 1 aromatic carbocycles. The Kier molecular flexibility index (Phi) is 5.82. The van der Waals surface area contributed by atoms with Crippen LogP contribution in [0.25, 0.3) is 0 Å². The minimum atomic E-state index is -1.03.